The maximum atomic E-state index is 13.1. The quantitative estimate of drug-likeness (QED) is 0.603. The minimum atomic E-state index is -0.293. The van der Waals surface area contributed by atoms with Crippen LogP contribution in [-0.2, 0) is 11.4 Å². The van der Waals surface area contributed by atoms with Gasteiger partial charge in [0.05, 0.1) is 5.92 Å². The number of piperidine rings is 1. The minimum Gasteiger partial charge on any atom is -0.489 e. The largest absolute Gasteiger partial charge is 0.489 e. The van der Waals surface area contributed by atoms with Crippen LogP contribution in [0.15, 0.2) is 78.9 Å². The number of carbonyl (C=O) groups excluding carboxylic acids is 2. The van der Waals surface area contributed by atoms with Gasteiger partial charge in [-0.25, -0.2) is 4.39 Å². The molecule has 1 unspecified atom stereocenters. The normalized spacial score (nSPS) is 15.8. The van der Waals surface area contributed by atoms with Crippen molar-refractivity contribution in [1.29, 1.82) is 0 Å². The third-order valence-corrected chi connectivity index (χ3v) is 5.52. The van der Waals surface area contributed by atoms with E-state index >= 15 is 0 Å². The Morgan fingerprint density at radius 3 is 2.56 bits per heavy atom. The number of anilines is 1. The average Bonchev–Trinajstić information content (AvgIpc) is 2.84. The summed E-state index contributed by atoms with van der Waals surface area (Å²) < 4.78 is 18.8. The van der Waals surface area contributed by atoms with E-state index in [2.05, 4.69) is 5.32 Å². The molecule has 1 atom stereocenters. The van der Waals surface area contributed by atoms with Crippen LogP contribution in [0.2, 0.25) is 0 Å². The van der Waals surface area contributed by atoms with Crippen molar-refractivity contribution in [1.82, 2.24) is 4.90 Å². The molecule has 0 aromatic heterocycles. The zero-order chi connectivity index (χ0) is 22.3. The highest BCUT2D eigenvalue weighted by Gasteiger charge is 2.29. The van der Waals surface area contributed by atoms with E-state index in [-0.39, 0.29) is 30.2 Å². The van der Waals surface area contributed by atoms with E-state index in [1.807, 2.05) is 30.3 Å². The number of para-hydroxylation sites is 1. The summed E-state index contributed by atoms with van der Waals surface area (Å²) in [7, 11) is 0. The number of carbonyl (C=O) groups is 2. The van der Waals surface area contributed by atoms with Crippen molar-refractivity contribution in [2.45, 2.75) is 19.4 Å². The van der Waals surface area contributed by atoms with Gasteiger partial charge in [0.15, 0.2) is 0 Å². The molecule has 1 saturated heterocycles. The van der Waals surface area contributed by atoms with Crippen LogP contribution in [0.3, 0.4) is 0 Å². The van der Waals surface area contributed by atoms with Gasteiger partial charge in [-0.1, -0.05) is 36.4 Å². The number of ether oxygens (including phenoxy) is 1. The van der Waals surface area contributed by atoms with Crippen molar-refractivity contribution in [3.05, 3.63) is 95.8 Å². The molecule has 6 heteroatoms. The Balaban J connectivity index is 1.37. The van der Waals surface area contributed by atoms with Gasteiger partial charge < -0.3 is 15.0 Å². The van der Waals surface area contributed by atoms with Gasteiger partial charge in [-0.15, -0.1) is 0 Å². The lowest BCUT2D eigenvalue weighted by Crippen LogP contribution is -2.43. The molecule has 1 heterocycles. The second-order valence-corrected chi connectivity index (χ2v) is 7.89. The first-order valence-electron chi connectivity index (χ1n) is 10.7. The van der Waals surface area contributed by atoms with Gasteiger partial charge >= 0.3 is 0 Å². The highest BCUT2D eigenvalue weighted by Crippen LogP contribution is 2.22. The Morgan fingerprint density at radius 1 is 1.00 bits per heavy atom. The third kappa shape index (κ3) is 5.52. The first kappa shape index (κ1) is 21.6. The lowest BCUT2D eigenvalue weighted by molar-refractivity contribution is -0.121. The number of nitrogens with one attached hydrogen (secondary N) is 1. The average molecular weight is 432 g/mol. The predicted molar refractivity (Wildman–Crippen MR) is 121 cm³/mol. The van der Waals surface area contributed by atoms with E-state index in [9.17, 15) is 14.0 Å². The van der Waals surface area contributed by atoms with Crippen molar-refractivity contribution in [2.24, 2.45) is 5.92 Å². The highest BCUT2D eigenvalue weighted by atomic mass is 19.1. The van der Waals surface area contributed by atoms with Crippen LogP contribution < -0.4 is 10.1 Å². The van der Waals surface area contributed by atoms with Gasteiger partial charge in [0.25, 0.3) is 5.91 Å². The Kier molecular flexibility index (Phi) is 6.80. The first-order chi connectivity index (χ1) is 15.6. The zero-order valence-electron chi connectivity index (χ0n) is 17.7. The summed E-state index contributed by atoms with van der Waals surface area (Å²) in [5.41, 5.74) is 2.11. The molecule has 0 radical (unpaired) electrons. The SMILES string of the molecule is O=C(Nc1ccccc1)C1CCCN(C(=O)c2cccc(OCc3ccc(F)cc3)c2)C1. The van der Waals surface area contributed by atoms with E-state index in [0.29, 0.717) is 24.4 Å². The summed E-state index contributed by atoms with van der Waals surface area (Å²) in [6.45, 7) is 1.29. The zero-order valence-corrected chi connectivity index (χ0v) is 17.7. The summed E-state index contributed by atoms with van der Waals surface area (Å²) in [5, 5.41) is 2.94. The molecule has 1 N–H and O–H groups in total. The van der Waals surface area contributed by atoms with Gasteiger partial charge in [-0.3, -0.25) is 9.59 Å². The topological polar surface area (TPSA) is 58.6 Å². The molecule has 164 valence electrons. The molecule has 0 spiro atoms. The molecule has 1 fully saturated rings. The molecule has 2 amide bonds. The number of hydrogen-bond acceptors (Lipinski definition) is 3. The number of likely N-dealkylation sites (tertiary alicyclic amines) is 1. The Labute approximate surface area is 186 Å². The number of nitrogens with zero attached hydrogens (tertiary/aromatic N) is 1. The number of hydrogen-bond donors (Lipinski definition) is 1. The molecule has 3 aromatic carbocycles. The molecule has 0 saturated carbocycles. The number of rotatable bonds is 6. The maximum Gasteiger partial charge on any atom is 0.254 e. The Hall–Kier alpha value is -3.67. The van der Waals surface area contributed by atoms with Crippen LogP contribution in [0, 0.1) is 11.7 Å². The fourth-order valence-corrected chi connectivity index (χ4v) is 3.79. The van der Waals surface area contributed by atoms with Crippen LogP contribution in [0.4, 0.5) is 10.1 Å². The van der Waals surface area contributed by atoms with Gasteiger partial charge in [-0.05, 0) is 60.9 Å². The summed E-state index contributed by atoms with van der Waals surface area (Å²) in [5.74, 6) is -0.153. The van der Waals surface area contributed by atoms with Crippen LogP contribution in [0.1, 0.15) is 28.8 Å². The summed E-state index contributed by atoms with van der Waals surface area (Å²) >= 11 is 0. The molecule has 0 aliphatic carbocycles. The van der Waals surface area contributed by atoms with Crippen molar-refractivity contribution in [3.63, 3.8) is 0 Å². The lowest BCUT2D eigenvalue weighted by Gasteiger charge is -2.32. The van der Waals surface area contributed by atoms with Crippen molar-refractivity contribution >= 4 is 17.5 Å². The highest BCUT2D eigenvalue weighted by molar-refractivity contribution is 5.96. The molecule has 1 aliphatic rings. The molecule has 5 nitrogen and oxygen atoms in total. The van der Waals surface area contributed by atoms with Crippen LogP contribution in [0.25, 0.3) is 0 Å². The number of benzene rings is 3. The monoisotopic (exact) mass is 432 g/mol. The summed E-state index contributed by atoms with van der Waals surface area (Å²) in [6.07, 6.45) is 1.53. The fourth-order valence-electron chi connectivity index (χ4n) is 3.79. The van der Waals surface area contributed by atoms with Crippen LogP contribution >= 0.6 is 0 Å². The van der Waals surface area contributed by atoms with Gasteiger partial charge in [0.1, 0.15) is 18.2 Å². The predicted octanol–water partition coefficient (Wildman–Crippen LogP) is 4.90. The van der Waals surface area contributed by atoms with Crippen molar-refractivity contribution in [2.75, 3.05) is 18.4 Å². The standard InChI is InChI=1S/C26H25FN2O3/c27-22-13-11-19(12-14-22)18-32-24-10-4-6-20(16-24)26(31)29-15-5-7-21(17-29)25(30)28-23-8-2-1-3-9-23/h1-4,6,8-14,16,21H,5,7,15,17-18H2,(H,28,30). The molecular weight excluding hydrogens is 407 g/mol. The van der Waals surface area contributed by atoms with E-state index < -0.39 is 0 Å². The number of amides is 2. The second kappa shape index (κ2) is 10.1. The molecule has 1 aliphatic heterocycles. The van der Waals surface area contributed by atoms with Crippen LogP contribution in [0.5, 0.6) is 5.75 Å². The lowest BCUT2D eigenvalue weighted by atomic mass is 9.96. The molecule has 0 bridgehead atoms. The summed E-state index contributed by atoms with van der Waals surface area (Å²) in [6, 6.07) is 22.5. The molecule has 3 aromatic rings. The van der Waals surface area contributed by atoms with E-state index in [1.54, 1.807) is 41.3 Å². The second-order valence-electron chi connectivity index (χ2n) is 7.89. The molecule has 4 rings (SSSR count). The van der Waals surface area contributed by atoms with Crippen molar-refractivity contribution in [3.8, 4) is 5.75 Å². The molecule has 32 heavy (non-hydrogen) atoms. The minimum absolute atomic E-state index is 0.0647. The van der Waals surface area contributed by atoms with E-state index in [1.165, 1.54) is 12.1 Å². The molecular formula is C26H25FN2O3. The fraction of sp³-hybridized carbons (Fsp3) is 0.231. The van der Waals surface area contributed by atoms with Gasteiger partial charge in [0, 0.05) is 24.3 Å². The Bertz CT molecular complexity index is 1070. The smallest absolute Gasteiger partial charge is 0.254 e. The first-order valence-corrected chi connectivity index (χ1v) is 10.7. The van der Waals surface area contributed by atoms with Crippen LogP contribution in [-0.4, -0.2) is 29.8 Å². The van der Waals surface area contributed by atoms with Gasteiger partial charge in [-0.2, -0.15) is 0 Å². The van der Waals surface area contributed by atoms with Crippen molar-refractivity contribution < 1.29 is 18.7 Å². The Morgan fingerprint density at radius 2 is 1.78 bits per heavy atom. The maximum absolute atomic E-state index is 13.1. The summed E-state index contributed by atoms with van der Waals surface area (Å²) in [4.78, 5) is 27.5. The van der Waals surface area contributed by atoms with E-state index in [0.717, 1.165) is 24.1 Å². The van der Waals surface area contributed by atoms with Gasteiger partial charge in [0.2, 0.25) is 5.91 Å². The van der Waals surface area contributed by atoms with E-state index in [4.69, 9.17) is 4.74 Å². The number of halogens is 1. The third-order valence-electron chi connectivity index (χ3n) is 5.52.